The first-order valence-electron chi connectivity index (χ1n) is 8.60. The summed E-state index contributed by atoms with van der Waals surface area (Å²) in [4.78, 5) is 36.0. The van der Waals surface area contributed by atoms with Gasteiger partial charge in [-0.05, 0) is 31.2 Å². The summed E-state index contributed by atoms with van der Waals surface area (Å²) in [5, 5.41) is 14.4. The van der Waals surface area contributed by atoms with Gasteiger partial charge in [-0.3, -0.25) is 19.7 Å². The van der Waals surface area contributed by atoms with Gasteiger partial charge in [0.05, 0.1) is 4.92 Å². The Balaban J connectivity index is 2.22. The molecule has 3 rings (SSSR count). The molecule has 6 heteroatoms. The molecular weight excluding hydrogens is 332 g/mol. The van der Waals surface area contributed by atoms with E-state index in [0.717, 1.165) is 5.70 Å². The number of hydrogen-bond donors (Lipinski definition) is 1. The first kappa shape index (κ1) is 18.0. The summed E-state index contributed by atoms with van der Waals surface area (Å²) in [7, 11) is 0. The van der Waals surface area contributed by atoms with Crippen LogP contribution in [0.25, 0.3) is 0 Å². The van der Waals surface area contributed by atoms with Crippen molar-refractivity contribution in [2.75, 3.05) is 0 Å². The second-order valence-electron chi connectivity index (χ2n) is 7.84. The van der Waals surface area contributed by atoms with Crippen LogP contribution in [0.5, 0.6) is 0 Å². The second-order valence-corrected chi connectivity index (χ2v) is 7.84. The Morgan fingerprint density at radius 1 is 1.31 bits per heavy atom. The number of nitro groups is 1. The first-order chi connectivity index (χ1) is 12.1. The Morgan fingerprint density at radius 3 is 2.62 bits per heavy atom. The molecule has 1 aliphatic carbocycles. The van der Waals surface area contributed by atoms with Crippen LogP contribution in [0.3, 0.4) is 0 Å². The highest BCUT2D eigenvalue weighted by Gasteiger charge is 2.42. The molecule has 1 atom stereocenters. The van der Waals surface area contributed by atoms with E-state index in [0.29, 0.717) is 35.2 Å². The van der Waals surface area contributed by atoms with Crippen molar-refractivity contribution in [3.05, 3.63) is 62.5 Å². The van der Waals surface area contributed by atoms with Crippen LogP contribution in [0.1, 0.15) is 52.0 Å². The van der Waals surface area contributed by atoms with Gasteiger partial charge in [-0.15, -0.1) is 0 Å². The number of hydrogen-bond acceptors (Lipinski definition) is 5. The fourth-order valence-electron chi connectivity index (χ4n) is 4.05. The van der Waals surface area contributed by atoms with Crippen molar-refractivity contribution in [2.45, 2.75) is 46.5 Å². The molecule has 1 N–H and O–H groups in total. The molecule has 136 valence electrons. The lowest BCUT2D eigenvalue weighted by molar-refractivity contribution is -0.384. The van der Waals surface area contributed by atoms with E-state index < -0.39 is 10.8 Å². The molecule has 0 spiro atoms. The highest BCUT2D eigenvalue weighted by molar-refractivity contribution is 6.05. The van der Waals surface area contributed by atoms with Crippen LogP contribution in [-0.2, 0) is 9.59 Å². The average molecular weight is 354 g/mol. The summed E-state index contributed by atoms with van der Waals surface area (Å²) in [6.45, 7) is 7.36. The third kappa shape index (κ3) is 3.07. The minimum absolute atomic E-state index is 0.00786. The molecule has 1 aliphatic heterocycles. The van der Waals surface area contributed by atoms with Crippen LogP contribution in [0.2, 0.25) is 0 Å². The number of Topliss-reactive ketones (excluding diaryl/α,β-unsaturated/α-hetero) is 2. The molecule has 0 saturated carbocycles. The number of rotatable bonds is 3. The maximum absolute atomic E-state index is 13.0. The van der Waals surface area contributed by atoms with Gasteiger partial charge < -0.3 is 5.32 Å². The summed E-state index contributed by atoms with van der Waals surface area (Å²) in [5.41, 5.74) is 2.99. The van der Waals surface area contributed by atoms with E-state index in [1.54, 1.807) is 12.1 Å². The first-order valence-corrected chi connectivity index (χ1v) is 8.60. The van der Waals surface area contributed by atoms with Gasteiger partial charge in [-0.25, -0.2) is 0 Å². The molecule has 1 aromatic carbocycles. The molecule has 0 saturated heterocycles. The number of non-ortho nitro benzene ring substituents is 1. The predicted octanol–water partition coefficient (Wildman–Crippen LogP) is 3.79. The monoisotopic (exact) mass is 354 g/mol. The van der Waals surface area contributed by atoms with E-state index in [-0.39, 0.29) is 22.7 Å². The largest absolute Gasteiger partial charge is 0.362 e. The van der Waals surface area contributed by atoms with E-state index in [1.165, 1.54) is 19.1 Å². The Morgan fingerprint density at radius 2 is 2.00 bits per heavy atom. The van der Waals surface area contributed by atoms with Crippen LogP contribution < -0.4 is 5.32 Å². The van der Waals surface area contributed by atoms with Crippen LogP contribution >= 0.6 is 0 Å². The summed E-state index contributed by atoms with van der Waals surface area (Å²) < 4.78 is 0. The maximum atomic E-state index is 13.0. The van der Waals surface area contributed by atoms with Crippen molar-refractivity contribution < 1.29 is 14.5 Å². The fourth-order valence-corrected chi connectivity index (χ4v) is 4.05. The van der Waals surface area contributed by atoms with Gasteiger partial charge in [-0.2, -0.15) is 0 Å². The Bertz CT molecular complexity index is 893. The van der Waals surface area contributed by atoms with Crippen LogP contribution in [0.15, 0.2) is 46.8 Å². The molecule has 0 bridgehead atoms. The summed E-state index contributed by atoms with van der Waals surface area (Å²) >= 11 is 0. The van der Waals surface area contributed by atoms with E-state index in [1.807, 2.05) is 20.8 Å². The number of nitrogens with zero attached hydrogens (tertiary/aromatic N) is 1. The number of dihydropyridines is 1. The lowest BCUT2D eigenvalue weighted by atomic mass is 9.68. The quantitative estimate of drug-likeness (QED) is 0.659. The number of allylic oxidation sites excluding steroid dienone is 4. The molecule has 26 heavy (non-hydrogen) atoms. The molecule has 0 fully saturated rings. The summed E-state index contributed by atoms with van der Waals surface area (Å²) in [5.74, 6) is -0.713. The van der Waals surface area contributed by atoms with E-state index in [2.05, 4.69) is 5.32 Å². The normalized spacial score (nSPS) is 22.0. The molecule has 2 aliphatic rings. The molecular formula is C20H22N2O4. The molecule has 0 amide bonds. The smallest absolute Gasteiger partial charge is 0.269 e. The third-order valence-corrected chi connectivity index (χ3v) is 5.03. The SMILES string of the molecule is CC(=O)C1=C(C)NC2=C(C(=O)CC(C)(C)C2)[C@H]1c1cccc([N+](=O)[O-])c1. The zero-order chi connectivity index (χ0) is 19.2. The minimum atomic E-state index is -0.563. The number of benzene rings is 1. The molecule has 0 unspecified atom stereocenters. The highest BCUT2D eigenvalue weighted by Crippen LogP contribution is 2.46. The molecule has 0 aromatic heterocycles. The number of carbonyl (C=O) groups excluding carboxylic acids is 2. The lowest BCUT2D eigenvalue weighted by Crippen LogP contribution is -2.38. The van der Waals surface area contributed by atoms with Gasteiger partial charge in [-0.1, -0.05) is 26.0 Å². The summed E-state index contributed by atoms with van der Waals surface area (Å²) in [6.07, 6.45) is 1.09. The second kappa shape index (κ2) is 6.20. The Kier molecular flexibility index (Phi) is 4.30. The van der Waals surface area contributed by atoms with Gasteiger partial charge in [0.1, 0.15) is 0 Å². The van der Waals surface area contributed by atoms with Crippen molar-refractivity contribution in [3.63, 3.8) is 0 Å². The van der Waals surface area contributed by atoms with Crippen LogP contribution in [0, 0.1) is 15.5 Å². The minimum Gasteiger partial charge on any atom is -0.362 e. The lowest BCUT2D eigenvalue weighted by Gasteiger charge is -2.39. The topological polar surface area (TPSA) is 89.3 Å². The van der Waals surface area contributed by atoms with E-state index in [4.69, 9.17) is 0 Å². The Hall–Kier alpha value is -2.76. The van der Waals surface area contributed by atoms with E-state index in [9.17, 15) is 19.7 Å². The third-order valence-electron chi connectivity index (χ3n) is 5.03. The van der Waals surface area contributed by atoms with Gasteiger partial charge in [0, 0.05) is 47.0 Å². The van der Waals surface area contributed by atoms with Crippen LogP contribution in [0.4, 0.5) is 5.69 Å². The van der Waals surface area contributed by atoms with E-state index >= 15 is 0 Å². The van der Waals surface area contributed by atoms with Crippen molar-refractivity contribution >= 4 is 17.3 Å². The van der Waals surface area contributed by atoms with Gasteiger partial charge in [0.2, 0.25) is 0 Å². The summed E-state index contributed by atoms with van der Waals surface area (Å²) in [6, 6.07) is 6.22. The van der Waals surface area contributed by atoms with Gasteiger partial charge >= 0.3 is 0 Å². The molecule has 0 radical (unpaired) electrons. The highest BCUT2D eigenvalue weighted by atomic mass is 16.6. The number of nitro benzene ring substituents is 1. The Labute approximate surface area is 152 Å². The molecule has 6 nitrogen and oxygen atoms in total. The standard InChI is InChI=1S/C20H22N2O4/c1-11-17(12(2)23)18(13-6-5-7-14(8-13)22(25)26)19-15(21-11)9-20(3,4)10-16(19)24/h5-8,18,21H,9-10H2,1-4H3/t18-/m0/s1. The molecule has 1 aromatic rings. The number of carbonyl (C=O) groups is 2. The average Bonchev–Trinajstić information content (AvgIpc) is 2.51. The van der Waals surface area contributed by atoms with Crippen molar-refractivity contribution in [2.24, 2.45) is 5.41 Å². The zero-order valence-electron chi connectivity index (χ0n) is 15.4. The van der Waals surface area contributed by atoms with Crippen molar-refractivity contribution in [3.8, 4) is 0 Å². The zero-order valence-corrected chi connectivity index (χ0v) is 15.4. The van der Waals surface area contributed by atoms with Crippen LogP contribution in [-0.4, -0.2) is 16.5 Å². The number of ketones is 2. The maximum Gasteiger partial charge on any atom is 0.269 e. The van der Waals surface area contributed by atoms with Gasteiger partial charge in [0.15, 0.2) is 11.6 Å². The van der Waals surface area contributed by atoms with Crippen molar-refractivity contribution in [1.29, 1.82) is 0 Å². The predicted molar refractivity (Wildman–Crippen MR) is 97.4 cm³/mol. The fraction of sp³-hybridized carbons (Fsp3) is 0.400. The number of nitrogens with one attached hydrogen (secondary N) is 1. The van der Waals surface area contributed by atoms with Gasteiger partial charge in [0.25, 0.3) is 5.69 Å². The van der Waals surface area contributed by atoms with Crippen molar-refractivity contribution in [1.82, 2.24) is 5.32 Å². The molecule has 1 heterocycles.